The van der Waals surface area contributed by atoms with Crippen molar-refractivity contribution in [2.75, 3.05) is 6.54 Å². The standard InChI is InChI=1S/C5H9NO2.C5H11NO2.C3H7NO2/c7-5(8)4-2-1-3-6-4;1-3(2)4(6)5(7)8;1-2(4)3(5)6/h4,6H,1-3H2,(H,7,8);3-4H,6H2,1-2H3,(H,7,8);2H,4H2,1H3,(H,5,6)/t2*4-;2-/m000/s1. The third-order valence-corrected chi connectivity index (χ3v) is 2.75. The molecular weight excluding hydrogens is 294 g/mol. The van der Waals surface area contributed by atoms with E-state index < -0.39 is 30.0 Å². The lowest BCUT2D eigenvalue weighted by Crippen LogP contribution is -2.34. The van der Waals surface area contributed by atoms with Crippen LogP contribution in [0, 0.1) is 5.92 Å². The Morgan fingerprint density at radius 3 is 1.59 bits per heavy atom. The number of hydrogen-bond acceptors (Lipinski definition) is 6. The van der Waals surface area contributed by atoms with Crippen LogP contribution in [0.25, 0.3) is 0 Å². The predicted octanol–water partition coefficient (Wildman–Crippen LogP) is -0.704. The van der Waals surface area contributed by atoms with Gasteiger partial charge in [0.25, 0.3) is 0 Å². The van der Waals surface area contributed by atoms with Gasteiger partial charge in [0.2, 0.25) is 0 Å². The number of carboxylic acid groups (broad SMARTS) is 3. The average molecular weight is 321 g/mol. The fourth-order valence-corrected chi connectivity index (χ4v) is 1.18. The van der Waals surface area contributed by atoms with Crippen molar-refractivity contribution in [1.82, 2.24) is 5.32 Å². The maximum absolute atomic E-state index is 10.1. The van der Waals surface area contributed by atoms with Crippen LogP contribution in [0.5, 0.6) is 0 Å². The first-order valence-corrected chi connectivity index (χ1v) is 6.93. The van der Waals surface area contributed by atoms with Gasteiger partial charge in [-0.2, -0.15) is 0 Å². The van der Waals surface area contributed by atoms with Gasteiger partial charge in [0.1, 0.15) is 18.1 Å². The number of hydrogen-bond donors (Lipinski definition) is 6. The Labute approximate surface area is 129 Å². The summed E-state index contributed by atoms with van der Waals surface area (Å²) in [6, 6.07) is -1.71. The SMILES string of the molecule is CC(C)[C@H](N)C(=O)O.C[C@H](N)C(=O)O.O=C(O)[C@@H]1CCCN1. The van der Waals surface area contributed by atoms with Crippen molar-refractivity contribution in [3.63, 3.8) is 0 Å². The van der Waals surface area contributed by atoms with E-state index in [0.29, 0.717) is 0 Å². The maximum Gasteiger partial charge on any atom is 0.320 e. The molecule has 1 rings (SSSR count). The Morgan fingerprint density at radius 1 is 1.05 bits per heavy atom. The van der Waals surface area contributed by atoms with Gasteiger partial charge in [-0.1, -0.05) is 13.8 Å². The van der Waals surface area contributed by atoms with E-state index in [0.717, 1.165) is 19.4 Å². The summed E-state index contributed by atoms with van der Waals surface area (Å²) in [5.74, 6) is -2.59. The van der Waals surface area contributed by atoms with Crippen molar-refractivity contribution in [3.05, 3.63) is 0 Å². The van der Waals surface area contributed by atoms with Crippen LogP contribution >= 0.6 is 0 Å². The second-order valence-electron chi connectivity index (χ2n) is 5.22. The lowest BCUT2D eigenvalue weighted by atomic mass is 10.1. The number of aliphatic carboxylic acids is 3. The highest BCUT2D eigenvalue weighted by Gasteiger charge is 2.20. The largest absolute Gasteiger partial charge is 0.480 e. The molecule has 1 aliphatic heterocycles. The van der Waals surface area contributed by atoms with E-state index >= 15 is 0 Å². The monoisotopic (exact) mass is 321 g/mol. The molecule has 130 valence electrons. The molecule has 9 nitrogen and oxygen atoms in total. The maximum atomic E-state index is 10.1. The fraction of sp³-hybridized carbons (Fsp3) is 0.769. The van der Waals surface area contributed by atoms with E-state index in [-0.39, 0.29) is 12.0 Å². The highest BCUT2D eigenvalue weighted by atomic mass is 16.4. The van der Waals surface area contributed by atoms with E-state index in [1.165, 1.54) is 6.92 Å². The van der Waals surface area contributed by atoms with Gasteiger partial charge in [0, 0.05) is 0 Å². The van der Waals surface area contributed by atoms with E-state index in [2.05, 4.69) is 5.32 Å². The molecule has 0 aliphatic carbocycles. The average Bonchev–Trinajstić information content (AvgIpc) is 2.92. The lowest BCUT2D eigenvalue weighted by molar-refractivity contribution is -0.140. The summed E-state index contributed by atoms with van der Waals surface area (Å²) in [4.78, 5) is 29.7. The Kier molecular flexibility index (Phi) is 12.2. The van der Waals surface area contributed by atoms with Gasteiger partial charge in [0.05, 0.1) is 0 Å². The first-order valence-electron chi connectivity index (χ1n) is 6.93. The number of rotatable bonds is 4. The minimum Gasteiger partial charge on any atom is -0.480 e. The fourth-order valence-electron chi connectivity index (χ4n) is 1.18. The second kappa shape index (κ2) is 11.9. The van der Waals surface area contributed by atoms with Crippen molar-refractivity contribution in [1.29, 1.82) is 0 Å². The van der Waals surface area contributed by atoms with Gasteiger partial charge < -0.3 is 32.1 Å². The van der Waals surface area contributed by atoms with Crippen LogP contribution in [0.4, 0.5) is 0 Å². The minimum absolute atomic E-state index is 0.0208. The summed E-state index contributed by atoms with van der Waals surface area (Å²) in [7, 11) is 0. The molecule has 1 fully saturated rings. The molecule has 0 spiro atoms. The summed E-state index contributed by atoms with van der Waals surface area (Å²) in [5.41, 5.74) is 10.00. The molecular formula is C13H27N3O6. The molecule has 0 amide bonds. The zero-order valence-corrected chi connectivity index (χ0v) is 13.2. The van der Waals surface area contributed by atoms with Crippen LogP contribution < -0.4 is 16.8 Å². The summed E-state index contributed by atoms with van der Waals surface area (Å²) in [6.07, 6.45) is 1.78. The Balaban J connectivity index is 0. The van der Waals surface area contributed by atoms with Gasteiger partial charge in [-0.05, 0) is 32.2 Å². The highest BCUT2D eigenvalue weighted by Crippen LogP contribution is 2.03. The smallest absolute Gasteiger partial charge is 0.320 e. The van der Waals surface area contributed by atoms with Gasteiger partial charge in [-0.3, -0.25) is 14.4 Å². The third-order valence-electron chi connectivity index (χ3n) is 2.75. The van der Waals surface area contributed by atoms with Crippen molar-refractivity contribution in [2.24, 2.45) is 17.4 Å². The number of carbonyl (C=O) groups is 3. The molecule has 0 aromatic heterocycles. The first-order chi connectivity index (χ1) is 10.0. The molecule has 1 aliphatic rings. The third kappa shape index (κ3) is 12.1. The molecule has 0 aromatic carbocycles. The van der Waals surface area contributed by atoms with Crippen LogP contribution in [0.3, 0.4) is 0 Å². The number of nitrogens with one attached hydrogen (secondary N) is 1. The van der Waals surface area contributed by atoms with Crippen LogP contribution in [-0.4, -0.2) is 57.9 Å². The van der Waals surface area contributed by atoms with Gasteiger partial charge >= 0.3 is 17.9 Å². The number of carboxylic acids is 3. The molecule has 1 heterocycles. The van der Waals surface area contributed by atoms with Gasteiger partial charge in [0.15, 0.2) is 0 Å². The summed E-state index contributed by atoms with van der Waals surface area (Å²) in [5, 5.41) is 27.3. The molecule has 0 radical (unpaired) electrons. The van der Waals surface area contributed by atoms with Crippen molar-refractivity contribution >= 4 is 17.9 Å². The lowest BCUT2D eigenvalue weighted by Gasteiger charge is -2.07. The molecule has 0 bridgehead atoms. The van der Waals surface area contributed by atoms with Crippen molar-refractivity contribution < 1.29 is 29.7 Å². The quantitative estimate of drug-likeness (QED) is 0.390. The second-order valence-corrected chi connectivity index (χ2v) is 5.22. The van der Waals surface area contributed by atoms with Crippen LogP contribution in [-0.2, 0) is 14.4 Å². The molecule has 9 heteroatoms. The summed E-state index contributed by atoms with van der Waals surface area (Å²) < 4.78 is 0. The zero-order valence-electron chi connectivity index (χ0n) is 13.2. The normalized spacial score (nSPS) is 19.1. The molecule has 22 heavy (non-hydrogen) atoms. The number of nitrogens with two attached hydrogens (primary N) is 2. The molecule has 0 unspecified atom stereocenters. The van der Waals surface area contributed by atoms with Crippen LogP contribution in [0.2, 0.25) is 0 Å². The topological polar surface area (TPSA) is 176 Å². The van der Waals surface area contributed by atoms with Crippen LogP contribution in [0.1, 0.15) is 33.6 Å². The minimum atomic E-state index is -0.963. The molecule has 0 saturated carbocycles. The molecule has 0 aromatic rings. The Hall–Kier alpha value is -1.71. The molecule has 3 atom stereocenters. The van der Waals surface area contributed by atoms with Crippen molar-refractivity contribution in [3.8, 4) is 0 Å². The van der Waals surface area contributed by atoms with Gasteiger partial charge in [-0.15, -0.1) is 0 Å². The van der Waals surface area contributed by atoms with E-state index in [1.807, 2.05) is 0 Å². The molecule has 8 N–H and O–H groups in total. The Bertz CT molecular complexity index is 342. The van der Waals surface area contributed by atoms with E-state index in [1.54, 1.807) is 13.8 Å². The first kappa shape index (κ1) is 22.6. The highest BCUT2D eigenvalue weighted by molar-refractivity contribution is 5.74. The predicted molar refractivity (Wildman–Crippen MR) is 80.4 cm³/mol. The van der Waals surface area contributed by atoms with E-state index in [4.69, 9.17) is 26.8 Å². The Morgan fingerprint density at radius 2 is 1.50 bits per heavy atom. The zero-order chi connectivity index (χ0) is 17.9. The summed E-state index contributed by atoms with van der Waals surface area (Å²) in [6.45, 7) is 5.83. The van der Waals surface area contributed by atoms with Crippen LogP contribution in [0.15, 0.2) is 0 Å². The van der Waals surface area contributed by atoms with E-state index in [9.17, 15) is 14.4 Å². The van der Waals surface area contributed by atoms with Gasteiger partial charge in [-0.25, -0.2) is 0 Å². The van der Waals surface area contributed by atoms with Crippen molar-refractivity contribution in [2.45, 2.75) is 51.7 Å². The summed E-state index contributed by atoms with van der Waals surface area (Å²) >= 11 is 0. The molecule has 1 saturated heterocycles.